The van der Waals surface area contributed by atoms with E-state index in [1.165, 1.54) is 31.2 Å². The van der Waals surface area contributed by atoms with Crippen molar-refractivity contribution in [3.8, 4) is 5.75 Å². The largest absolute Gasteiger partial charge is 0.497 e. The third-order valence-corrected chi connectivity index (χ3v) is 4.16. The van der Waals surface area contributed by atoms with Crippen molar-refractivity contribution < 1.29 is 9.53 Å². The molecule has 0 saturated heterocycles. The van der Waals surface area contributed by atoms with Crippen molar-refractivity contribution in [3.05, 3.63) is 29.3 Å². The summed E-state index contributed by atoms with van der Waals surface area (Å²) >= 11 is 0. The minimum Gasteiger partial charge on any atom is -0.497 e. The molecule has 3 rings (SSSR count). The van der Waals surface area contributed by atoms with Crippen LogP contribution in [0.25, 0.3) is 0 Å². The van der Waals surface area contributed by atoms with Crippen LogP contribution in [0.4, 0.5) is 0 Å². The van der Waals surface area contributed by atoms with Gasteiger partial charge in [0.25, 0.3) is 0 Å². The van der Waals surface area contributed by atoms with Crippen LogP contribution in [0.3, 0.4) is 0 Å². The van der Waals surface area contributed by atoms with Crippen LogP contribution >= 0.6 is 0 Å². The number of rotatable bonds is 1. The van der Waals surface area contributed by atoms with Crippen molar-refractivity contribution in [2.24, 2.45) is 0 Å². The fourth-order valence-electron chi connectivity index (χ4n) is 3.34. The van der Waals surface area contributed by atoms with E-state index in [4.69, 9.17) is 4.74 Å². The van der Waals surface area contributed by atoms with Crippen LogP contribution in [0.5, 0.6) is 5.75 Å². The molecule has 0 amide bonds. The lowest BCUT2D eigenvalue weighted by Gasteiger charge is -2.23. The molecule has 0 bridgehead atoms. The molecule has 1 aromatic carbocycles. The molecule has 0 atom stereocenters. The van der Waals surface area contributed by atoms with Crippen LogP contribution in [0.2, 0.25) is 0 Å². The molecule has 2 aliphatic rings. The Bertz CT molecular complexity index is 442. The summed E-state index contributed by atoms with van der Waals surface area (Å²) in [6.07, 6.45) is 5.60. The molecule has 1 fully saturated rings. The molecule has 2 heteroatoms. The second-order valence-electron chi connectivity index (χ2n) is 5.00. The Kier molecular flexibility index (Phi) is 2.06. The van der Waals surface area contributed by atoms with Crippen LogP contribution in [-0.4, -0.2) is 12.9 Å². The standard InChI is InChI=1S/C14H16O2/c1-16-10-4-5-12-11(8-10)13(15)9-14(12)6-2-3-7-14/h4-5,8H,2-3,6-7,9H2,1H3. The van der Waals surface area contributed by atoms with Gasteiger partial charge in [-0.05, 0) is 30.5 Å². The maximum absolute atomic E-state index is 12.0. The third-order valence-electron chi connectivity index (χ3n) is 4.16. The first-order chi connectivity index (χ1) is 7.75. The predicted octanol–water partition coefficient (Wildman–Crippen LogP) is 3.09. The number of ketones is 1. The number of hydrogen-bond acceptors (Lipinski definition) is 2. The first-order valence-corrected chi connectivity index (χ1v) is 5.97. The smallest absolute Gasteiger partial charge is 0.164 e. The number of hydrogen-bond donors (Lipinski definition) is 0. The summed E-state index contributed by atoms with van der Waals surface area (Å²) in [6.45, 7) is 0. The highest BCUT2D eigenvalue weighted by molar-refractivity contribution is 6.02. The normalized spacial score (nSPS) is 21.4. The molecule has 0 N–H and O–H groups in total. The lowest BCUT2D eigenvalue weighted by molar-refractivity contribution is 0.0974. The van der Waals surface area contributed by atoms with Crippen molar-refractivity contribution >= 4 is 5.78 Å². The molecule has 2 nitrogen and oxygen atoms in total. The second kappa shape index (κ2) is 3.34. The first-order valence-electron chi connectivity index (χ1n) is 5.97. The number of methoxy groups -OCH3 is 1. The monoisotopic (exact) mass is 216 g/mol. The zero-order valence-corrected chi connectivity index (χ0v) is 9.58. The molecule has 0 heterocycles. The van der Waals surface area contributed by atoms with Crippen molar-refractivity contribution in [2.75, 3.05) is 7.11 Å². The van der Waals surface area contributed by atoms with Crippen molar-refractivity contribution in [3.63, 3.8) is 0 Å². The highest BCUT2D eigenvalue weighted by Crippen LogP contribution is 2.50. The fraction of sp³-hybridized carbons (Fsp3) is 0.500. The second-order valence-corrected chi connectivity index (χ2v) is 5.00. The average Bonchev–Trinajstić information content (AvgIpc) is 2.87. The Morgan fingerprint density at radius 2 is 2.00 bits per heavy atom. The number of Topliss-reactive ketones (excluding diaryl/α,β-unsaturated/α-hetero) is 1. The highest BCUT2D eigenvalue weighted by Gasteiger charge is 2.44. The number of carbonyl (C=O) groups excluding carboxylic acids is 1. The average molecular weight is 216 g/mol. The van der Waals surface area contributed by atoms with E-state index in [9.17, 15) is 4.79 Å². The van der Waals surface area contributed by atoms with Gasteiger partial charge in [-0.25, -0.2) is 0 Å². The first kappa shape index (κ1) is 9.88. The van der Waals surface area contributed by atoms with Gasteiger partial charge in [0.2, 0.25) is 0 Å². The summed E-state index contributed by atoms with van der Waals surface area (Å²) in [5.41, 5.74) is 2.36. The minimum atomic E-state index is 0.179. The molecule has 0 aliphatic heterocycles. The summed E-state index contributed by atoms with van der Waals surface area (Å²) in [5.74, 6) is 1.10. The van der Waals surface area contributed by atoms with Gasteiger partial charge in [-0.2, -0.15) is 0 Å². The number of fused-ring (bicyclic) bond motifs is 2. The fourth-order valence-corrected chi connectivity index (χ4v) is 3.34. The van der Waals surface area contributed by atoms with Crippen LogP contribution < -0.4 is 4.74 Å². The number of ether oxygens (including phenoxy) is 1. The maximum Gasteiger partial charge on any atom is 0.164 e. The quantitative estimate of drug-likeness (QED) is 0.721. The third kappa shape index (κ3) is 1.22. The van der Waals surface area contributed by atoms with Crippen molar-refractivity contribution in [1.82, 2.24) is 0 Å². The minimum absolute atomic E-state index is 0.179. The van der Waals surface area contributed by atoms with Gasteiger partial charge in [0.1, 0.15) is 5.75 Å². The van der Waals surface area contributed by atoms with Crippen molar-refractivity contribution in [1.29, 1.82) is 0 Å². The SMILES string of the molecule is COc1ccc2c(c1)C(=O)CC21CCCC1. The van der Waals surface area contributed by atoms with Gasteiger partial charge >= 0.3 is 0 Å². The molecule has 0 radical (unpaired) electrons. The van der Waals surface area contributed by atoms with Crippen LogP contribution in [-0.2, 0) is 5.41 Å². The Labute approximate surface area is 95.6 Å². The predicted molar refractivity (Wildman–Crippen MR) is 62.1 cm³/mol. The van der Waals surface area contributed by atoms with Gasteiger partial charge in [-0.3, -0.25) is 4.79 Å². The van der Waals surface area contributed by atoms with E-state index in [-0.39, 0.29) is 5.41 Å². The van der Waals surface area contributed by atoms with Crippen molar-refractivity contribution in [2.45, 2.75) is 37.5 Å². The summed E-state index contributed by atoms with van der Waals surface area (Å²) in [4.78, 5) is 12.0. The van der Waals surface area contributed by atoms with E-state index in [0.29, 0.717) is 5.78 Å². The van der Waals surface area contributed by atoms with Gasteiger partial charge in [0.15, 0.2) is 5.78 Å². The summed E-state index contributed by atoms with van der Waals surface area (Å²) < 4.78 is 5.19. The van der Waals surface area contributed by atoms with E-state index in [2.05, 4.69) is 6.07 Å². The summed E-state index contributed by atoms with van der Waals surface area (Å²) in [6, 6.07) is 5.99. The zero-order valence-electron chi connectivity index (χ0n) is 9.58. The van der Waals surface area contributed by atoms with Gasteiger partial charge in [-0.15, -0.1) is 0 Å². The molecule has 2 aliphatic carbocycles. The molecular weight excluding hydrogens is 200 g/mol. The van der Waals surface area contributed by atoms with Gasteiger partial charge in [0, 0.05) is 17.4 Å². The lowest BCUT2D eigenvalue weighted by atomic mass is 9.80. The summed E-state index contributed by atoms with van der Waals surface area (Å²) in [5, 5.41) is 0. The number of benzene rings is 1. The molecule has 0 unspecified atom stereocenters. The van der Waals surface area contributed by atoms with Crippen LogP contribution in [0, 0.1) is 0 Å². The highest BCUT2D eigenvalue weighted by atomic mass is 16.5. The van der Waals surface area contributed by atoms with E-state index >= 15 is 0 Å². The summed E-state index contributed by atoms with van der Waals surface area (Å²) in [7, 11) is 1.65. The number of carbonyl (C=O) groups is 1. The maximum atomic E-state index is 12.0. The van der Waals surface area contributed by atoms with Gasteiger partial charge in [-0.1, -0.05) is 18.9 Å². The Morgan fingerprint density at radius 3 is 2.69 bits per heavy atom. The lowest BCUT2D eigenvalue weighted by Crippen LogP contribution is -2.18. The molecular formula is C14H16O2. The van der Waals surface area contributed by atoms with Crippen LogP contribution in [0.15, 0.2) is 18.2 Å². The van der Waals surface area contributed by atoms with E-state index in [0.717, 1.165) is 17.7 Å². The molecule has 0 aromatic heterocycles. The van der Waals surface area contributed by atoms with Gasteiger partial charge in [0.05, 0.1) is 7.11 Å². The Balaban J connectivity index is 2.12. The van der Waals surface area contributed by atoms with E-state index in [1.54, 1.807) is 7.11 Å². The van der Waals surface area contributed by atoms with Gasteiger partial charge < -0.3 is 4.74 Å². The van der Waals surface area contributed by atoms with E-state index in [1.807, 2.05) is 12.1 Å². The van der Waals surface area contributed by atoms with E-state index < -0.39 is 0 Å². The molecule has 84 valence electrons. The molecule has 1 saturated carbocycles. The molecule has 16 heavy (non-hydrogen) atoms. The molecule has 1 spiro atoms. The Hall–Kier alpha value is -1.31. The Morgan fingerprint density at radius 1 is 1.25 bits per heavy atom. The zero-order chi connectivity index (χ0) is 11.2. The molecule has 1 aromatic rings. The topological polar surface area (TPSA) is 26.3 Å². The van der Waals surface area contributed by atoms with Crippen LogP contribution in [0.1, 0.15) is 48.0 Å².